The molecule has 114 valence electrons. The van der Waals surface area contributed by atoms with Crippen molar-refractivity contribution in [1.82, 2.24) is 0 Å². The van der Waals surface area contributed by atoms with Crippen LogP contribution in [0.4, 0.5) is 0 Å². The molecule has 0 spiro atoms. The van der Waals surface area contributed by atoms with Crippen LogP contribution in [0.25, 0.3) is 0 Å². The summed E-state index contributed by atoms with van der Waals surface area (Å²) in [5, 5.41) is 8.60. The van der Waals surface area contributed by atoms with E-state index in [0.29, 0.717) is 12.2 Å². The van der Waals surface area contributed by atoms with Crippen molar-refractivity contribution in [2.45, 2.75) is 20.3 Å². The molecule has 6 heteroatoms. The number of Topliss-reactive ketones (excluding diaryl/α,β-unsaturated/α-hetero) is 1. The Morgan fingerprint density at radius 3 is 2.19 bits per heavy atom. The predicted molar refractivity (Wildman–Crippen MR) is 74.3 cm³/mol. The largest absolute Gasteiger partial charge is 0.492 e. The summed E-state index contributed by atoms with van der Waals surface area (Å²) in [7, 11) is 1.32. The molecule has 0 fully saturated rings. The first-order valence-corrected chi connectivity index (χ1v) is 6.43. The van der Waals surface area contributed by atoms with Crippen molar-refractivity contribution >= 4 is 17.7 Å². The van der Waals surface area contributed by atoms with Crippen LogP contribution in [0, 0.1) is 5.41 Å². The van der Waals surface area contributed by atoms with Crippen molar-refractivity contribution < 1.29 is 29.0 Å². The van der Waals surface area contributed by atoms with Crippen molar-refractivity contribution in [3.05, 3.63) is 29.8 Å². The van der Waals surface area contributed by atoms with Crippen LogP contribution < -0.4 is 4.74 Å². The lowest BCUT2D eigenvalue weighted by Gasteiger charge is -2.25. The minimum Gasteiger partial charge on any atom is -0.492 e. The molecule has 21 heavy (non-hydrogen) atoms. The van der Waals surface area contributed by atoms with Crippen LogP contribution in [0.3, 0.4) is 0 Å². The third-order valence-corrected chi connectivity index (χ3v) is 3.33. The molecule has 0 bridgehead atoms. The molecule has 1 rings (SSSR count). The Bertz CT molecular complexity index is 534. The highest BCUT2D eigenvalue weighted by Crippen LogP contribution is 2.25. The second-order valence-corrected chi connectivity index (χ2v) is 4.85. The number of ether oxygens (including phenoxy) is 2. The molecule has 6 nitrogen and oxygen atoms in total. The van der Waals surface area contributed by atoms with Crippen LogP contribution >= 0.6 is 0 Å². The molecule has 1 N–H and O–H groups in total. The molecular weight excluding hydrogens is 276 g/mol. The number of carboxylic acids is 1. The molecule has 1 aromatic rings. The van der Waals surface area contributed by atoms with E-state index in [1.54, 1.807) is 6.92 Å². The summed E-state index contributed by atoms with van der Waals surface area (Å²) >= 11 is 0. The van der Waals surface area contributed by atoms with Gasteiger partial charge in [0.1, 0.15) is 12.4 Å². The summed E-state index contributed by atoms with van der Waals surface area (Å²) in [5.74, 6) is -2.40. The first-order chi connectivity index (χ1) is 9.84. The van der Waals surface area contributed by atoms with E-state index in [1.807, 2.05) is 6.92 Å². The van der Waals surface area contributed by atoms with Crippen molar-refractivity contribution in [2.75, 3.05) is 13.7 Å². The second-order valence-electron chi connectivity index (χ2n) is 4.85. The Labute approximate surface area is 122 Å². The lowest BCUT2D eigenvalue weighted by molar-refractivity contribution is -0.153. The standard InChI is InChI=1S/C15H18O6/c1-4-15(2,14(19)20-3)9-21-11-7-5-10(6-8-11)12(16)13(17)18/h5-8H,4,9H2,1-3H3,(H,17,18). The maximum Gasteiger partial charge on any atom is 0.377 e. The van der Waals surface area contributed by atoms with E-state index in [0.717, 1.165) is 0 Å². The van der Waals surface area contributed by atoms with Gasteiger partial charge < -0.3 is 14.6 Å². The van der Waals surface area contributed by atoms with Crippen LogP contribution in [0.2, 0.25) is 0 Å². The van der Waals surface area contributed by atoms with Crippen LogP contribution in [-0.4, -0.2) is 36.5 Å². The van der Waals surface area contributed by atoms with Crippen molar-refractivity contribution in [3.8, 4) is 5.75 Å². The van der Waals surface area contributed by atoms with Crippen molar-refractivity contribution in [2.24, 2.45) is 5.41 Å². The summed E-state index contributed by atoms with van der Waals surface area (Å²) in [6, 6.07) is 5.72. The molecule has 1 atom stereocenters. The Kier molecular flexibility index (Phi) is 5.46. The second kappa shape index (κ2) is 6.88. The number of methoxy groups -OCH3 is 1. The Hall–Kier alpha value is -2.37. The number of carbonyl (C=O) groups is 3. The quantitative estimate of drug-likeness (QED) is 0.469. The normalized spacial score (nSPS) is 13.1. The van der Waals surface area contributed by atoms with Crippen LogP contribution in [-0.2, 0) is 14.3 Å². The van der Waals surface area contributed by atoms with Gasteiger partial charge in [-0.2, -0.15) is 0 Å². The average molecular weight is 294 g/mol. The molecule has 0 aliphatic rings. The molecule has 0 aromatic heterocycles. The minimum atomic E-state index is -1.51. The SMILES string of the molecule is CCC(C)(COc1ccc(C(=O)C(=O)O)cc1)C(=O)OC. The van der Waals surface area contributed by atoms with E-state index in [9.17, 15) is 14.4 Å². The molecule has 1 unspecified atom stereocenters. The van der Waals surface area contributed by atoms with E-state index < -0.39 is 17.2 Å². The van der Waals surface area contributed by atoms with Crippen molar-refractivity contribution in [3.63, 3.8) is 0 Å². The highest BCUT2D eigenvalue weighted by molar-refractivity contribution is 6.39. The van der Waals surface area contributed by atoms with Gasteiger partial charge in [0.2, 0.25) is 0 Å². The highest BCUT2D eigenvalue weighted by Gasteiger charge is 2.33. The van der Waals surface area contributed by atoms with Gasteiger partial charge in [-0.05, 0) is 37.6 Å². The first kappa shape index (κ1) is 16.7. The Morgan fingerprint density at radius 1 is 1.19 bits per heavy atom. The van der Waals surface area contributed by atoms with E-state index in [4.69, 9.17) is 14.6 Å². The Morgan fingerprint density at radius 2 is 1.76 bits per heavy atom. The number of benzene rings is 1. The topological polar surface area (TPSA) is 89.9 Å². The number of aliphatic carboxylic acids is 1. The van der Waals surface area contributed by atoms with Crippen molar-refractivity contribution in [1.29, 1.82) is 0 Å². The van der Waals surface area contributed by atoms with Gasteiger partial charge in [-0.1, -0.05) is 6.92 Å². The number of carboxylic acid groups (broad SMARTS) is 1. The smallest absolute Gasteiger partial charge is 0.377 e. The number of hydrogen-bond donors (Lipinski definition) is 1. The molecule has 0 radical (unpaired) electrons. The molecule has 1 aromatic carbocycles. The zero-order chi connectivity index (χ0) is 16.0. The molecule has 0 saturated heterocycles. The summed E-state index contributed by atoms with van der Waals surface area (Å²) in [6.07, 6.45) is 0.551. The number of rotatable bonds is 7. The van der Waals surface area contributed by atoms with E-state index in [-0.39, 0.29) is 18.1 Å². The number of hydrogen-bond acceptors (Lipinski definition) is 5. The minimum absolute atomic E-state index is 0.0704. The average Bonchev–Trinajstić information content (AvgIpc) is 2.51. The summed E-state index contributed by atoms with van der Waals surface area (Å²) in [5.41, 5.74) is -0.689. The summed E-state index contributed by atoms with van der Waals surface area (Å²) in [6.45, 7) is 3.72. The fraction of sp³-hybridized carbons (Fsp3) is 0.400. The van der Waals surface area contributed by atoms with Gasteiger partial charge in [0, 0.05) is 5.56 Å². The van der Waals surface area contributed by atoms with Gasteiger partial charge >= 0.3 is 11.9 Å². The number of carbonyl (C=O) groups excluding carboxylic acids is 2. The molecular formula is C15H18O6. The number of ketones is 1. The van der Waals surface area contributed by atoms with Gasteiger partial charge in [0.15, 0.2) is 0 Å². The maximum atomic E-state index is 11.7. The van der Waals surface area contributed by atoms with E-state index >= 15 is 0 Å². The lowest BCUT2D eigenvalue weighted by atomic mass is 9.89. The summed E-state index contributed by atoms with van der Waals surface area (Å²) < 4.78 is 10.3. The van der Waals surface area contributed by atoms with Crippen LogP contribution in [0.5, 0.6) is 5.75 Å². The van der Waals surface area contributed by atoms with Gasteiger partial charge in [-0.15, -0.1) is 0 Å². The van der Waals surface area contributed by atoms with Gasteiger partial charge in [-0.3, -0.25) is 9.59 Å². The molecule has 0 aliphatic heterocycles. The van der Waals surface area contributed by atoms with Crippen LogP contribution in [0.15, 0.2) is 24.3 Å². The fourth-order valence-electron chi connectivity index (χ4n) is 1.62. The van der Waals surface area contributed by atoms with Gasteiger partial charge in [-0.25, -0.2) is 4.79 Å². The molecule has 0 aliphatic carbocycles. The van der Waals surface area contributed by atoms with Crippen LogP contribution in [0.1, 0.15) is 30.6 Å². The third-order valence-electron chi connectivity index (χ3n) is 3.33. The maximum absolute atomic E-state index is 11.7. The monoisotopic (exact) mass is 294 g/mol. The molecule has 0 amide bonds. The summed E-state index contributed by atoms with van der Waals surface area (Å²) in [4.78, 5) is 33.5. The highest BCUT2D eigenvalue weighted by atomic mass is 16.5. The third kappa shape index (κ3) is 4.05. The first-order valence-electron chi connectivity index (χ1n) is 6.43. The van der Waals surface area contributed by atoms with E-state index in [1.165, 1.54) is 31.4 Å². The molecule has 0 saturated carbocycles. The Balaban J connectivity index is 2.74. The van der Waals surface area contributed by atoms with E-state index in [2.05, 4.69) is 0 Å². The lowest BCUT2D eigenvalue weighted by Crippen LogP contribution is -2.34. The zero-order valence-electron chi connectivity index (χ0n) is 12.2. The van der Waals surface area contributed by atoms with Gasteiger partial charge in [0.05, 0.1) is 12.5 Å². The number of esters is 1. The zero-order valence-corrected chi connectivity index (χ0v) is 12.2. The fourth-order valence-corrected chi connectivity index (χ4v) is 1.62. The predicted octanol–water partition coefficient (Wildman–Crippen LogP) is 1.92. The molecule has 0 heterocycles. The van der Waals surface area contributed by atoms with Gasteiger partial charge in [0.25, 0.3) is 5.78 Å².